The molecule has 0 radical (unpaired) electrons. The molecule has 0 heterocycles. The van der Waals surface area contributed by atoms with Gasteiger partial charge in [0.1, 0.15) is 0 Å². The molecule has 1 atom stereocenters. The van der Waals surface area contributed by atoms with Crippen molar-refractivity contribution < 1.29 is 18.3 Å². The Balaban J connectivity index is 2.66. The number of hydrogen-bond donors (Lipinski definition) is 0. The van der Waals surface area contributed by atoms with Gasteiger partial charge >= 0.3 is 5.97 Å². The molecular weight excluding hydrogens is 221 g/mol. The van der Waals surface area contributed by atoms with E-state index in [9.17, 15) is 13.6 Å². The van der Waals surface area contributed by atoms with Crippen LogP contribution in [0.4, 0.5) is 8.78 Å². The van der Waals surface area contributed by atoms with Gasteiger partial charge in [0.05, 0.1) is 5.56 Å². The molecule has 0 saturated heterocycles. The summed E-state index contributed by atoms with van der Waals surface area (Å²) in [5.41, 5.74) is -2.06. The van der Waals surface area contributed by atoms with E-state index in [0.717, 1.165) is 0 Å². The Morgan fingerprint density at radius 3 is 2.60 bits per heavy atom. The van der Waals surface area contributed by atoms with Crippen molar-refractivity contribution >= 4 is 15.2 Å². The van der Waals surface area contributed by atoms with Crippen LogP contribution in [0.1, 0.15) is 15.9 Å². The lowest BCUT2D eigenvalue weighted by atomic mass is 10.1. The summed E-state index contributed by atoms with van der Waals surface area (Å²) in [4.78, 5) is 11.3. The van der Waals surface area contributed by atoms with Crippen LogP contribution < -0.4 is 0 Å². The minimum atomic E-state index is -3.07. The third-order valence-electron chi connectivity index (χ3n) is 1.76. The number of aryl methyl sites for hydroxylation is 1. The molecule has 0 fully saturated rings. The Labute approximate surface area is 88.8 Å². The van der Waals surface area contributed by atoms with E-state index < -0.39 is 18.2 Å². The third kappa shape index (κ3) is 3.92. The van der Waals surface area contributed by atoms with Crippen LogP contribution >= 0.6 is 9.24 Å². The number of rotatable bonds is 3. The second-order valence-electron chi connectivity index (χ2n) is 3.15. The molecule has 0 aliphatic heterocycles. The molecule has 5 heteroatoms. The highest BCUT2D eigenvalue weighted by Crippen LogP contribution is 2.22. The summed E-state index contributed by atoms with van der Waals surface area (Å²) in [6, 6.07) is 6.67. The molecule has 1 rings (SSSR count). The van der Waals surface area contributed by atoms with Crippen LogP contribution in [-0.4, -0.2) is 18.2 Å². The van der Waals surface area contributed by atoms with Crippen LogP contribution in [0.15, 0.2) is 24.3 Å². The van der Waals surface area contributed by atoms with Crippen LogP contribution in [0, 0.1) is 6.92 Å². The Morgan fingerprint density at radius 2 is 2.07 bits per heavy atom. The van der Waals surface area contributed by atoms with Crippen LogP contribution in [0.25, 0.3) is 0 Å². The van der Waals surface area contributed by atoms with Crippen molar-refractivity contribution in [3.8, 4) is 0 Å². The van der Waals surface area contributed by atoms with E-state index in [1.54, 1.807) is 31.2 Å². The van der Waals surface area contributed by atoms with Gasteiger partial charge in [-0.3, -0.25) is 0 Å². The van der Waals surface area contributed by atoms with Gasteiger partial charge in [-0.05, 0) is 18.6 Å². The number of benzene rings is 1. The predicted molar refractivity (Wildman–Crippen MR) is 56.1 cm³/mol. The summed E-state index contributed by atoms with van der Waals surface area (Å²) >= 11 is 0. The lowest BCUT2D eigenvalue weighted by Crippen LogP contribution is -2.19. The first-order valence-electron chi connectivity index (χ1n) is 4.29. The van der Waals surface area contributed by atoms with Crippen molar-refractivity contribution in [2.24, 2.45) is 0 Å². The molecule has 82 valence electrons. The molecule has 1 aromatic rings. The largest absolute Gasteiger partial charge is 0.455 e. The monoisotopic (exact) mass is 232 g/mol. The fraction of sp³-hybridized carbons (Fsp3) is 0.300. The first-order valence-corrected chi connectivity index (χ1v) is 4.87. The molecule has 0 aliphatic carbocycles. The number of esters is 1. The molecule has 0 spiro atoms. The van der Waals surface area contributed by atoms with Crippen molar-refractivity contribution in [1.82, 2.24) is 0 Å². The van der Waals surface area contributed by atoms with E-state index in [0.29, 0.717) is 11.1 Å². The SMILES string of the molecule is Cc1ccccc1C(=O)OCC(F)(F)P. The molecule has 0 aromatic heterocycles. The van der Waals surface area contributed by atoms with Crippen LogP contribution in [0.3, 0.4) is 0 Å². The fourth-order valence-electron chi connectivity index (χ4n) is 1.04. The molecule has 0 bridgehead atoms. The van der Waals surface area contributed by atoms with E-state index >= 15 is 0 Å². The Kier molecular flexibility index (Phi) is 3.75. The number of alkyl halides is 2. The molecule has 0 amide bonds. The standard InChI is InChI=1S/C10H11F2O2P/c1-7-4-2-3-5-8(7)9(13)14-6-10(11,12)15/h2-5H,6,15H2,1H3. The number of ether oxygens (including phenoxy) is 1. The van der Waals surface area contributed by atoms with Crippen LogP contribution in [0.5, 0.6) is 0 Å². The van der Waals surface area contributed by atoms with E-state index in [2.05, 4.69) is 4.74 Å². The minimum Gasteiger partial charge on any atom is -0.455 e. The van der Waals surface area contributed by atoms with E-state index in [-0.39, 0.29) is 0 Å². The van der Waals surface area contributed by atoms with Gasteiger partial charge in [0.25, 0.3) is 5.66 Å². The lowest BCUT2D eigenvalue weighted by molar-refractivity contribution is -0.000755. The maximum absolute atomic E-state index is 12.4. The van der Waals surface area contributed by atoms with Crippen molar-refractivity contribution in [2.75, 3.05) is 6.61 Å². The molecule has 1 aromatic carbocycles. The number of hydrogen-bond acceptors (Lipinski definition) is 2. The fourth-order valence-corrected chi connectivity index (χ4v) is 1.12. The van der Waals surface area contributed by atoms with Crippen molar-refractivity contribution in [3.05, 3.63) is 35.4 Å². The van der Waals surface area contributed by atoms with Gasteiger partial charge in [-0.1, -0.05) is 27.4 Å². The van der Waals surface area contributed by atoms with Crippen molar-refractivity contribution in [1.29, 1.82) is 0 Å². The zero-order valence-electron chi connectivity index (χ0n) is 8.17. The van der Waals surface area contributed by atoms with E-state index in [1.165, 1.54) is 9.24 Å². The minimum absolute atomic E-state index is 0.312. The molecule has 0 aliphatic rings. The van der Waals surface area contributed by atoms with E-state index in [1.807, 2.05) is 0 Å². The molecule has 15 heavy (non-hydrogen) atoms. The van der Waals surface area contributed by atoms with E-state index in [4.69, 9.17) is 0 Å². The highest BCUT2D eigenvalue weighted by Gasteiger charge is 2.24. The zero-order chi connectivity index (χ0) is 11.5. The average molecular weight is 232 g/mol. The normalized spacial score (nSPS) is 11.2. The summed E-state index contributed by atoms with van der Waals surface area (Å²) in [6.07, 6.45) is 0. The third-order valence-corrected chi connectivity index (χ3v) is 1.93. The van der Waals surface area contributed by atoms with Gasteiger partial charge in [-0.15, -0.1) is 0 Å². The summed E-state index contributed by atoms with van der Waals surface area (Å²) in [7, 11) is 1.32. The lowest BCUT2D eigenvalue weighted by Gasteiger charge is -2.11. The van der Waals surface area contributed by atoms with Crippen LogP contribution in [-0.2, 0) is 4.74 Å². The van der Waals surface area contributed by atoms with Gasteiger partial charge in [0.15, 0.2) is 6.61 Å². The van der Waals surface area contributed by atoms with Gasteiger partial charge in [-0.2, -0.15) is 8.78 Å². The topological polar surface area (TPSA) is 26.3 Å². The van der Waals surface area contributed by atoms with Crippen molar-refractivity contribution in [2.45, 2.75) is 12.6 Å². The molecule has 0 N–H and O–H groups in total. The number of carbonyl (C=O) groups is 1. The Morgan fingerprint density at radius 1 is 1.47 bits per heavy atom. The summed E-state index contributed by atoms with van der Waals surface area (Å²) in [5.74, 6) is -0.727. The quantitative estimate of drug-likeness (QED) is 0.591. The van der Waals surface area contributed by atoms with Crippen LogP contribution in [0.2, 0.25) is 0 Å². The summed E-state index contributed by atoms with van der Waals surface area (Å²) in [5, 5.41) is 0. The summed E-state index contributed by atoms with van der Waals surface area (Å²) in [6.45, 7) is 0.792. The molecule has 2 nitrogen and oxygen atoms in total. The van der Waals surface area contributed by atoms with Crippen molar-refractivity contribution in [3.63, 3.8) is 0 Å². The predicted octanol–water partition coefficient (Wildman–Crippen LogP) is 2.62. The van der Waals surface area contributed by atoms with Gasteiger partial charge in [0, 0.05) is 0 Å². The molecule has 0 saturated carbocycles. The number of halogens is 2. The van der Waals surface area contributed by atoms with Gasteiger partial charge in [0.2, 0.25) is 0 Å². The first-order chi connectivity index (χ1) is 6.90. The zero-order valence-corrected chi connectivity index (χ0v) is 9.32. The highest BCUT2D eigenvalue weighted by atomic mass is 31.0. The smallest absolute Gasteiger partial charge is 0.338 e. The van der Waals surface area contributed by atoms with Gasteiger partial charge in [-0.25, -0.2) is 4.79 Å². The molecule has 1 unspecified atom stereocenters. The Bertz CT molecular complexity index is 361. The Hall–Kier alpha value is -1.02. The second-order valence-corrected chi connectivity index (χ2v) is 4.00. The molecular formula is C10H11F2O2P. The second kappa shape index (κ2) is 4.67. The summed E-state index contributed by atoms with van der Waals surface area (Å²) < 4.78 is 29.2. The highest BCUT2D eigenvalue weighted by molar-refractivity contribution is 7.18. The van der Waals surface area contributed by atoms with Gasteiger partial charge < -0.3 is 4.74 Å². The first kappa shape index (κ1) is 12.1. The number of carbonyl (C=O) groups excluding carboxylic acids is 1. The average Bonchev–Trinajstić information content (AvgIpc) is 2.14. The maximum atomic E-state index is 12.4. The maximum Gasteiger partial charge on any atom is 0.338 e.